The molecule has 0 saturated heterocycles. The van der Waals surface area contributed by atoms with Crippen LogP contribution in [0.4, 0.5) is 4.39 Å². The molecule has 0 spiro atoms. The van der Waals surface area contributed by atoms with Crippen LogP contribution in [0.3, 0.4) is 0 Å². The van der Waals surface area contributed by atoms with E-state index in [1.807, 2.05) is 60.7 Å². The molecule has 2 N–H and O–H groups in total. The summed E-state index contributed by atoms with van der Waals surface area (Å²) in [6.45, 7) is 1.03. The van der Waals surface area contributed by atoms with E-state index < -0.39 is 0 Å². The first kappa shape index (κ1) is 17.2. The summed E-state index contributed by atoms with van der Waals surface area (Å²) in [6, 6.07) is 24.8. The zero-order chi connectivity index (χ0) is 17.5. The molecule has 0 saturated carbocycles. The SMILES string of the molecule is NCC(Cc1cccc(F)c1)c1cccc(OCc2ccccc2)c1. The van der Waals surface area contributed by atoms with Gasteiger partial charge in [-0.2, -0.15) is 0 Å². The minimum absolute atomic E-state index is 0.127. The van der Waals surface area contributed by atoms with Crippen molar-refractivity contribution in [3.8, 4) is 5.75 Å². The minimum Gasteiger partial charge on any atom is -0.489 e. The van der Waals surface area contributed by atoms with Gasteiger partial charge in [0, 0.05) is 5.92 Å². The topological polar surface area (TPSA) is 35.2 Å². The fourth-order valence-corrected chi connectivity index (χ4v) is 2.88. The highest BCUT2D eigenvalue weighted by molar-refractivity contribution is 5.33. The van der Waals surface area contributed by atoms with Crippen LogP contribution >= 0.6 is 0 Å². The Hall–Kier alpha value is -2.65. The summed E-state index contributed by atoms with van der Waals surface area (Å²) in [7, 11) is 0. The number of benzene rings is 3. The first-order chi connectivity index (χ1) is 12.2. The van der Waals surface area contributed by atoms with Crippen LogP contribution in [-0.2, 0) is 13.0 Å². The van der Waals surface area contributed by atoms with E-state index in [4.69, 9.17) is 10.5 Å². The van der Waals surface area contributed by atoms with Gasteiger partial charge in [-0.3, -0.25) is 0 Å². The largest absolute Gasteiger partial charge is 0.489 e. The van der Waals surface area contributed by atoms with Gasteiger partial charge in [-0.1, -0.05) is 54.6 Å². The fraction of sp³-hybridized carbons (Fsp3) is 0.182. The van der Waals surface area contributed by atoms with Crippen molar-refractivity contribution >= 4 is 0 Å². The lowest BCUT2D eigenvalue weighted by Crippen LogP contribution is -2.15. The van der Waals surface area contributed by atoms with Gasteiger partial charge in [0.2, 0.25) is 0 Å². The lowest BCUT2D eigenvalue weighted by atomic mass is 9.92. The second-order valence-corrected chi connectivity index (χ2v) is 6.11. The molecule has 0 aliphatic rings. The van der Waals surface area contributed by atoms with Gasteiger partial charge >= 0.3 is 0 Å². The lowest BCUT2D eigenvalue weighted by Gasteiger charge is -2.17. The molecule has 3 aromatic rings. The Labute approximate surface area is 148 Å². The highest BCUT2D eigenvalue weighted by atomic mass is 19.1. The van der Waals surface area contributed by atoms with Gasteiger partial charge < -0.3 is 10.5 Å². The highest BCUT2D eigenvalue weighted by Crippen LogP contribution is 2.24. The predicted molar refractivity (Wildman–Crippen MR) is 99.1 cm³/mol. The zero-order valence-electron chi connectivity index (χ0n) is 14.1. The second kappa shape index (κ2) is 8.45. The number of hydrogen-bond acceptors (Lipinski definition) is 2. The molecule has 3 aromatic carbocycles. The van der Waals surface area contributed by atoms with E-state index in [0.717, 1.165) is 22.4 Å². The van der Waals surface area contributed by atoms with Crippen LogP contribution in [0.15, 0.2) is 78.9 Å². The summed E-state index contributed by atoms with van der Waals surface area (Å²) in [5, 5.41) is 0. The van der Waals surface area contributed by atoms with Gasteiger partial charge in [-0.25, -0.2) is 4.39 Å². The molecule has 0 aliphatic heterocycles. The highest BCUT2D eigenvalue weighted by Gasteiger charge is 2.12. The molecule has 0 amide bonds. The summed E-state index contributed by atoms with van der Waals surface area (Å²) < 4.78 is 19.3. The molecule has 0 radical (unpaired) electrons. The molecule has 0 aromatic heterocycles. The van der Waals surface area contributed by atoms with Crippen molar-refractivity contribution in [2.75, 3.05) is 6.54 Å². The molecule has 0 aliphatic carbocycles. The van der Waals surface area contributed by atoms with Gasteiger partial charge in [-0.15, -0.1) is 0 Å². The lowest BCUT2D eigenvalue weighted by molar-refractivity contribution is 0.305. The van der Waals surface area contributed by atoms with E-state index in [9.17, 15) is 4.39 Å². The number of hydrogen-bond donors (Lipinski definition) is 1. The fourth-order valence-electron chi connectivity index (χ4n) is 2.88. The van der Waals surface area contributed by atoms with Gasteiger partial charge in [0.05, 0.1) is 0 Å². The van der Waals surface area contributed by atoms with Gasteiger partial charge in [0.25, 0.3) is 0 Å². The summed E-state index contributed by atoms with van der Waals surface area (Å²) in [6.07, 6.45) is 0.705. The molecular formula is C22H22FNO. The smallest absolute Gasteiger partial charge is 0.123 e. The van der Waals surface area contributed by atoms with Crippen molar-refractivity contribution in [1.29, 1.82) is 0 Å². The van der Waals surface area contributed by atoms with E-state index in [2.05, 4.69) is 0 Å². The van der Waals surface area contributed by atoms with E-state index in [-0.39, 0.29) is 11.7 Å². The molecule has 1 unspecified atom stereocenters. The van der Waals surface area contributed by atoms with Crippen LogP contribution in [0.1, 0.15) is 22.6 Å². The molecule has 0 fully saturated rings. The van der Waals surface area contributed by atoms with Crippen molar-refractivity contribution in [3.63, 3.8) is 0 Å². The Bertz CT molecular complexity index is 804. The summed E-state index contributed by atoms with van der Waals surface area (Å²) in [4.78, 5) is 0. The van der Waals surface area contributed by atoms with E-state index in [1.165, 1.54) is 6.07 Å². The Morgan fingerprint density at radius 3 is 2.36 bits per heavy atom. The van der Waals surface area contributed by atoms with Gasteiger partial charge in [0.1, 0.15) is 18.2 Å². The third-order valence-electron chi connectivity index (χ3n) is 4.23. The van der Waals surface area contributed by atoms with Crippen LogP contribution in [0.2, 0.25) is 0 Å². The number of ether oxygens (including phenoxy) is 1. The van der Waals surface area contributed by atoms with Crippen molar-refractivity contribution in [1.82, 2.24) is 0 Å². The van der Waals surface area contributed by atoms with Crippen LogP contribution < -0.4 is 10.5 Å². The molecule has 25 heavy (non-hydrogen) atoms. The van der Waals surface area contributed by atoms with Crippen LogP contribution in [-0.4, -0.2) is 6.54 Å². The number of halogens is 1. The maximum Gasteiger partial charge on any atom is 0.123 e. The Balaban J connectivity index is 1.70. The van der Waals surface area contributed by atoms with E-state index >= 15 is 0 Å². The molecule has 3 heteroatoms. The molecule has 3 rings (SSSR count). The number of rotatable bonds is 7. The summed E-state index contributed by atoms with van der Waals surface area (Å²) >= 11 is 0. The van der Waals surface area contributed by atoms with Crippen molar-refractivity contribution in [3.05, 3.63) is 101 Å². The third kappa shape index (κ3) is 4.91. The predicted octanol–water partition coefficient (Wildman–Crippen LogP) is 4.69. The first-order valence-electron chi connectivity index (χ1n) is 8.46. The molecule has 1 atom stereocenters. The molecule has 0 heterocycles. The second-order valence-electron chi connectivity index (χ2n) is 6.11. The van der Waals surface area contributed by atoms with Crippen LogP contribution in [0.5, 0.6) is 5.75 Å². The van der Waals surface area contributed by atoms with E-state index in [0.29, 0.717) is 19.6 Å². The van der Waals surface area contributed by atoms with Crippen molar-refractivity contribution in [2.24, 2.45) is 5.73 Å². The zero-order valence-corrected chi connectivity index (χ0v) is 14.1. The quantitative estimate of drug-likeness (QED) is 0.680. The van der Waals surface area contributed by atoms with Crippen LogP contribution in [0, 0.1) is 5.82 Å². The monoisotopic (exact) mass is 335 g/mol. The Kier molecular flexibility index (Phi) is 5.81. The molecule has 2 nitrogen and oxygen atoms in total. The number of nitrogens with two attached hydrogens (primary N) is 1. The minimum atomic E-state index is -0.215. The summed E-state index contributed by atoms with van der Waals surface area (Å²) in [5.41, 5.74) is 9.16. The standard InChI is InChI=1S/C22H22FNO/c23-21-10-4-8-18(13-21)12-20(15-24)19-9-5-11-22(14-19)25-16-17-6-2-1-3-7-17/h1-11,13-14,20H,12,15-16,24H2. The third-order valence-corrected chi connectivity index (χ3v) is 4.23. The maximum atomic E-state index is 13.4. The average molecular weight is 335 g/mol. The van der Waals surface area contributed by atoms with Crippen molar-refractivity contribution < 1.29 is 9.13 Å². The average Bonchev–Trinajstić information content (AvgIpc) is 2.65. The van der Waals surface area contributed by atoms with Crippen LogP contribution in [0.25, 0.3) is 0 Å². The van der Waals surface area contributed by atoms with Gasteiger partial charge in [0.15, 0.2) is 0 Å². The molecular weight excluding hydrogens is 313 g/mol. The molecule has 128 valence electrons. The summed E-state index contributed by atoms with van der Waals surface area (Å²) in [5.74, 6) is 0.731. The molecule has 0 bridgehead atoms. The van der Waals surface area contributed by atoms with Gasteiger partial charge in [-0.05, 0) is 53.9 Å². The maximum absolute atomic E-state index is 13.4. The Morgan fingerprint density at radius 2 is 1.60 bits per heavy atom. The first-order valence-corrected chi connectivity index (χ1v) is 8.46. The van der Waals surface area contributed by atoms with E-state index in [1.54, 1.807) is 12.1 Å². The normalized spacial score (nSPS) is 11.9. The van der Waals surface area contributed by atoms with Crippen molar-refractivity contribution in [2.45, 2.75) is 18.9 Å². The Morgan fingerprint density at radius 1 is 0.840 bits per heavy atom.